The predicted octanol–water partition coefficient (Wildman–Crippen LogP) is 3.65. The standard InChI is InChI=1S/C13H13F3N2O/c1-19-10-4-5-12(11(7-10)13(14,15)16)18-8-9-3-2-6-17-9/h2-7,17-18H,8H2,1H3. The van der Waals surface area contributed by atoms with Crippen LogP contribution in [-0.4, -0.2) is 12.1 Å². The number of halogens is 3. The van der Waals surface area contributed by atoms with E-state index in [-0.39, 0.29) is 11.4 Å². The molecule has 0 spiro atoms. The molecule has 0 radical (unpaired) electrons. The van der Waals surface area contributed by atoms with E-state index in [1.165, 1.54) is 19.2 Å². The molecule has 2 rings (SSSR count). The molecule has 0 amide bonds. The minimum atomic E-state index is -4.42. The van der Waals surface area contributed by atoms with Crippen LogP contribution >= 0.6 is 0 Å². The van der Waals surface area contributed by atoms with E-state index in [2.05, 4.69) is 10.3 Å². The van der Waals surface area contributed by atoms with E-state index < -0.39 is 11.7 Å². The second-order valence-corrected chi connectivity index (χ2v) is 3.96. The van der Waals surface area contributed by atoms with Gasteiger partial charge in [0.2, 0.25) is 0 Å². The largest absolute Gasteiger partial charge is 0.497 e. The number of methoxy groups -OCH3 is 1. The minimum Gasteiger partial charge on any atom is -0.497 e. The summed E-state index contributed by atoms with van der Waals surface area (Å²) in [5, 5.41) is 2.77. The third-order valence-electron chi connectivity index (χ3n) is 2.66. The number of aromatic amines is 1. The molecule has 0 atom stereocenters. The SMILES string of the molecule is COc1ccc(NCc2ccc[nH]2)c(C(F)(F)F)c1. The molecule has 19 heavy (non-hydrogen) atoms. The van der Waals surface area contributed by atoms with Crippen molar-refractivity contribution in [3.63, 3.8) is 0 Å². The fraction of sp³-hybridized carbons (Fsp3) is 0.231. The van der Waals surface area contributed by atoms with Gasteiger partial charge < -0.3 is 15.0 Å². The van der Waals surface area contributed by atoms with Crippen molar-refractivity contribution >= 4 is 5.69 Å². The van der Waals surface area contributed by atoms with Gasteiger partial charge in [-0.1, -0.05) is 0 Å². The van der Waals surface area contributed by atoms with Crippen LogP contribution in [-0.2, 0) is 12.7 Å². The van der Waals surface area contributed by atoms with Gasteiger partial charge in [0, 0.05) is 17.6 Å². The lowest BCUT2D eigenvalue weighted by Crippen LogP contribution is -2.11. The van der Waals surface area contributed by atoms with Crippen molar-refractivity contribution in [2.24, 2.45) is 0 Å². The number of H-pyrrole nitrogens is 1. The fourth-order valence-corrected chi connectivity index (χ4v) is 1.71. The molecule has 0 bridgehead atoms. The number of rotatable bonds is 4. The molecule has 2 N–H and O–H groups in total. The van der Waals surface area contributed by atoms with Gasteiger partial charge in [-0.3, -0.25) is 0 Å². The lowest BCUT2D eigenvalue weighted by molar-refractivity contribution is -0.137. The molecule has 1 heterocycles. The Morgan fingerprint density at radius 1 is 1.26 bits per heavy atom. The van der Waals surface area contributed by atoms with Gasteiger partial charge in [-0.2, -0.15) is 13.2 Å². The highest BCUT2D eigenvalue weighted by molar-refractivity contribution is 5.55. The second-order valence-electron chi connectivity index (χ2n) is 3.96. The lowest BCUT2D eigenvalue weighted by atomic mass is 10.1. The summed E-state index contributed by atoms with van der Waals surface area (Å²) in [7, 11) is 1.33. The van der Waals surface area contributed by atoms with E-state index in [4.69, 9.17) is 4.74 Å². The third kappa shape index (κ3) is 3.21. The van der Waals surface area contributed by atoms with Crippen LogP contribution < -0.4 is 10.1 Å². The molecule has 1 aromatic heterocycles. The maximum Gasteiger partial charge on any atom is 0.418 e. The van der Waals surface area contributed by atoms with Crippen LogP contribution in [0.1, 0.15) is 11.3 Å². The normalized spacial score (nSPS) is 11.4. The van der Waals surface area contributed by atoms with Crippen LogP contribution in [0.2, 0.25) is 0 Å². The highest BCUT2D eigenvalue weighted by atomic mass is 19.4. The van der Waals surface area contributed by atoms with E-state index in [1.54, 1.807) is 18.3 Å². The Bertz CT molecular complexity index is 535. The third-order valence-corrected chi connectivity index (χ3v) is 2.66. The molecular formula is C13H13F3N2O. The number of anilines is 1. The predicted molar refractivity (Wildman–Crippen MR) is 66.1 cm³/mol. The highest BCUT2D eigenvalue weighted by Gasteiger charge is 2.34. The summed E-state index contributed by atoms with van der Waals surface area (Å²) < 4.78 is 43.6. The van der Waals surface area contributed by atoms with Gasteiger partial charge in [-0.15, -0.1) is 0 Å². The number of hydrogen-bond acceptors (Lipinski definition) is 2. The monoisotopic (exact) mass is 270 g/mol. The summed E-state index contributed by atoms with van der Waals surface area (Å²) in [5.74, 6) is 0.178. The number of alkyl halides is 3. The number of nitrogens with one attached hydrogen (secondary N) is 2. The van der Waals surface area contributed by atoms with Gasteiger partial charge in [-0.25, -0.2) is 0 Å². The number of ether oxygens (including phenoxy) is 1. The van der Waals surface area contributed by atoms with E-state index in [0.29, 0.717) is 6.54 Å². The van der Waals surface area contributed by atoms with E-state index in [0.717, 1.165) is 11.8 Å². The van der Waals surface area contributed by atoms with Gasteiger partial charge in [-0.05, 0) is 30.3 Å². The lowest BCUT2D eigenvalue weighted by Gasteiger charge is -2.15. The number of hydrogen-bond donors (Lipinski definition) is 2. The van der Waals surface area contributed by atoms with Gasteiger partial charge in [0.25, 0.3) is 0 Å². The zero-order chi connectivity index (χ0) is 13.9. The van der Waals surface area contributed by atoms with E-state index in [1.807, 2.05) is 0 Å². The summed E-state index contributed by atoms with van der Waals surface area (Å²) in [6, 6.07) is 7.42. The Kier molecular flexibility index (Phi) is 3.69. The van der Waals surface area contributed by atoms with Crippen LogP contribution in [0.3, 0.4) is 0 Å². The molecule has 6 heteroatoms. The van der Waals surface area contributed by atoms with Crippen LogP contribution in [0, 0.1) is 0 Å². The average molecular weight is 270 g/mol. The topological polar surface area (TPSA) is 37.0 Å². The number of aromatic nitrogens is 1. The number of benzene rings is 1. The van der Waals surface area contributed by atoms with Crippen LogP contribution in [0.4, 0.5) is 18.9 Å². The molecule has 1 aromatic carbocycles. The zero-order valence-electron chi connectivity index (χ0n) is 10.2. The maximum absolute atomic E-state index is 12.9. The van der Waals surface area contributed by atoms with E-state index >= 15 is 0 Å². The van der Waals surface area contributed by atoms with Crippen LogP contribution in [0.5, 0.6) is 5.75 Å². The molecule has 0 saturated heterocycles. The van der Waals surface area contributed by atoms with Gasteiger partial charge in [0.1, 0.15) is 5.75 Å². The fourth-order valence-electron chi connectivity index (χ4n) is 1.71. The zero-order valence-corrected chi connectivity index (χ0v) is 10.2. The van der Waals surface area contributed by atoms with Crippen LogP contribution in [0.15, 0.2) is 36.5 Å². The van der Waals surface area contributed by atoms with Gasteiger partial charge in [0.05, 0.1) is 19.2 Å². The first kappa shape index (κ1) is 13.3. The average Bonchev–Trinajstić information content (AvgIpc) is 2.88. The Morgan fingerprint density at radius 2 is 2.05 bits per heavy atom. The molecule has 0 aliphatic rings. The first-order chi connectivity index (χ1) is 9.00. The molecular weight excluding hydrogens is 257 g/mol. The smallest absolute Gasteiger partial charge is 0.418 e. The Hall–Kier alpha value is -2.11. The van der Waals surface area contributed by atoms with Crippen molar-refractivity contribution in [3.8, 4) is 5.75 Å². The van der Waals surface area contributed by atoms with Crippen LogP contribution in [0.25, 0.3) is 0 Å². The van der Waals surface area contributed by atoms with Gasteiger partial charge >= 0.3 is 6.18 Å². The molecule has 2 aromatic rings. The highest BCUT2D eigenvalue weighted by Crippen LogP contribution is 2.37. The summed E-state index contributed by atoms with van der Waals surface area (Å²) in [6.07, 6.45) is -2.71. The van der Waals surface area contributed by atoms with Crippen molar-refractivity contribution in [3.05, 3.63) is 47.8 Å². The molecule has 0 saturated carbocycles. The van der Waals surface area contributed by atoms with Crippen molar-refractivity contribution in [1.29, 1.82) is 0 Å². The molecule has 0 aliphatic heterocycles. The quantitative estimate of drug-likeness (QED) is 0.889. The Balaban J connectivity index is 2.23. The van der Waals surface area contributed by atoms with Crippen molar-refractivity contribution < 1.29 is 17.9 Å². The van der Waals surface area contributed by atoms with Crippen molar-refractivity contribution in [2.75, 3.05) is 12.4 Å². The van der Waals surface area contributed by atoms with E-state index in [9.17, 15) is 13.2 Å². The molecule has 3 nitrogen and oxygen atoms in total. The molecule has 102 valence electrons. The Morgan fingerprint density at radius 3 is 2.63 bits per heavy atom. The molecule has 0 fully saturated rings. The first-order valence-corrected chi connectivity index (χ1v) is 5.62. The van der Waals surface area contributed by atoms with Crippen molar-refractivity contribution in [1.82, 2.24) is 4.98 Å². The summed E-state index contributed by atoms with van der Waals surface area (Å²) in [4.78, 5) is 2.92. The first-order valence-electron chi connectivity index (χ1n) is 5.62. The molecule has 0 unspecified atom stereocenters. The summed E-state index contributed by atoms with van der Waals surface area (Å²) in [5.41, 5.74) is 0.102. The maximum atomic E-state index is 12.9. The second kappa shape index (κ2) is 5.26. The molecule has 0 aliphatic carbocycles. The minimum absolute atomic E-state index is 0.0305. The Labute approximate surface area is 108 Å². The summed E-state index contributed by atoms with van der Waals surface area (Å²) in [6.45, 7) is 0.294. The van der Waals surface area contributed by atoms with Crippen molar-refractivity contribution in [2.45, 2.75) is 12.7 Å². The summed E-state index contributed by atoms with van der Waals surface area (Å²) >= 11 is 0. The van der Waals surface area contributed by atoms with Gasteiger partial charge in [0.15, 0.2) is 0 Å².